The number of carboxylic acids is 1. The summed E-state index contributed by atoms with van der Waals surface area (Å²) in [4.78, 5) is 10.5. The zero-order chi connectivity index (χ0) is 13.1. The number of fused-ring (bicyclic) bond motifs is 1. The number of anilines is 1. The molecule has 98 valence electrons. The molecule has 0 spiro atoms. The Hall–Kier alpha value is -1.62. The van der Waals surface area contributed by atoms with Gasteiger partial charge >= 0.3 is 5.97 Å². The molecule has 1 heterocycles. The summed E-state index contributed by atoms with van der Waals surface area (Å²) in [6.45, 7) is 2.10. The molecule has 2 N–H and O–H groups in total. The van der Waals surface area contributed by atoms with Crippen molar-refractivity contribution in [1.29, 1.82) is 0 Å². The lowest BCUT2D eigenvalue weighted by molar-refractivity contribution is -0.137. The number of rotatable bonds is 5. The number of halogens is 1. The summed E-state index contributed by atoms with van der Waals surface area (Å²) in [5.41, 5.74) is 0.721. The van der Waals surface area contributed by atoms with Gasteiger partial charge in [0, 0.05) is 24.6 Å². The largest absolute Gasteiger partial charge is 0.481 e. The van der Waals surface area contributed by atoms with Crippen LogP contribution in [0.3, 0.4) is 0 Å². The van der Waals surface area contributed by atoms with Gasteiger partial charge < -0.3 is 19.9 Å². The highest BCUT2D eigenvalue weighted by Crippen LogP contribution is 2.39. The van der Waals surface area contributed by atoms with Crippen LogP contribution in [0.1, 0.15) is 19.8 Å². The molecule has 1 aliphatic heterocycles. The lowest BCUT2D eigenvalue weighted by atomic mass is 10.1. The van der Waals surface area contributed by atoms with Gasteiger partial charge in [-0.1, -0.05) is 11.6 Å². The molecule has 0 amide bonds. The predicted molar refractivity (Wildman–Crippen MR) is 67.5 cm³/mol. The van der Waals surface area contributed by atoms with E-state index in [-0.39, 0.29) is 19.3 Å². The van der Waals surface area contributed by atoms with Crippen LogP contribution in [0, 0.1) is 0 Å². The maximum Gasteiger partial charge on any atom is 0.303 e. The molecule has 1 atom stereocenters. The monoisotopic (exact) mass is 271 g/mol. The summed E-state index contributed by atoms with van der Waals surface area (Å²) >= 11 is 6.10. The van der Waals surface area contributed by atoms with E-state index in [9.17, 15) is 4.79 Å². The summed E-state index contributed by atoms with van der Waals surface area (Å²) < 4.78 is 10.5. The van der Waals surface area contributed by atoms with Crippen LogP contribution >= 0.6 is 11.6 Å². The molecule has 2 rings (SSSR count). The van der Waals surface area contributed by atoms with Crippen molar-refractivity contribution in [1.82, 2.24) is 0 Å². The highest BCUT2D eigenvalue weighted by atomic mass is 35.5. The number of benzene rings is 1. The SMILES string of the molecule is CC(CCC(=O)O)Nc1cc2c(cc1Cl)OCO2. The van der Waals surface area contributed by atoms with Crippen molar-refractivity contribution in [3.05, 3.63) is 17.2 Å². The lowest BCUT2D eigenvalue weighted by Gasteiger charge is -2.15. The third-order valence-corrected chi connectivity index (χ3v) is 2.97. The fourth-order valence-corrected chi connectivity index (χ4v) is 1.91. The Kier molecular flexibility index (Phi) is 3.81. The minimum absolute atomic E-state index is 0.0129. The summed E-state index contributed by atoms with van der Waals surface area (Å²) in [6, 6.07) is 3.47. The standard InChI is InChI=1S/C12H14ClNO4/c1-7(2-3-12(15)16)14-9-5-11-10(4-8(9)13)17-6-18-11/h4-5,7,14H,2-3,6H2,1H3,(H,15,16). The molecule has 0 aromatic heterocycles. The first kappa shape index (κ1) is 12.8. The molecule has 18 heavy (non-hydrogen) atoms. The van der Waals surface area contributed by atoms with Crippen molar-refractivity contribution in [2.24, 2.45) is 0 Å². The van der Waals surface area contributed by atoms with Crippen LogP contribution < -0.4 is 14.8 Å². The molecule has 6 heteroatoms. The first-order valence-electron chi connectivity index (χ1n) is 5.63. The normalized spacial score (nSPS) is 14.3. The minimum Gasteiger partial charge on any atom is -0.481 e. The molecule has 0 radical (unpaired) electrons. The van der Waals surface area contributed by atoms with E-state index in [0.29, 0.717) is 22.9 Å². The molecule has 5 nitrogen and oxygen atoms in total. The van der Waals surface area contributed by atoms with E-state index in [4.69, 9.17) is 26.2 Å². The molecule has 0 saturated heterocycles. The molecule has 0 saturated carbocycles. The van der Waals surface area contributed by atoms with Crippen LogP contribution in [-0.4, -0.2) is 23.9 Å². The van der Waals surface area contributed by atoms with Crippen LogP contribution in [0.4, 0.5) is 5.69 Å². The molecular weight excluding hydrogens is 258 g/mol. The summed E-state index contributed by atoms with van der Waals surface area (Å²) in [7, 11) is 0. The van der Waals surface area contributed by atoms with Gasteiger partial charge in [0.25, 0.3) is 0 Å². The van der Waals surface area contributed by atoms with Crippen molar-refractivity contribution >= 4 is 23.3 Å². The smallest absolute Gasteiger partial charge is 0.303 e. The van der Waals surface area contributed by atoms with Gasteiger partial charge in [-0.2, -0.15) is 0 Å². The zero-order valence-electron chi connectivity index (χ0n) is 9.90. The highest BCUT2D eigenvalue weighted by molar-refractivity contribution is 6.33. The Labute approximate surface area is 110 Å². The van der Waals surface area contributed by atoms with Gasteiger partial charge in [0.15, 0.2) is 11.5 Å². The molecule has 0 fully saturated rings. The van der Waals surface area contributed by atoms with Crippen molar-refractivity contribution < 1.29 is 19.4 Å². The van der Waals surface area contributed by atoms with E-state index in [1.54, 1.807) is 12.1 Å². The number of carboxylic acid groups (broad SMARTS) is 1. The van der Waals surface area contributed by atoms with Gasteiger partial charge in [0.2, 0.25) is 6.79 Å². The van der Waals surface area contributed by atoms with Gasteiger partial charge in [-0.05, 0) is 13.3 Å². The third-order valence-electron chi connectivity index (χ3n) is 2.66. The minimum atomic E-state index is -0.805. The van der Waals surface area contributed by atoms with E-state index in [1.165, 1.54) is 0 Å². The predicted octanol–water partition coefficient (Wildman–Crippen LogP) is 2.73. The van der Waals surface area contributed by atoms with Gasteiger partial charge in [-0.25, -0.2) is 0 Å². The van der Waals surface area contributed by atoms with Gasteiger partial charge in [-0.15, -0.1) is 0 Å². The van der Waals surface area contributed by atoms with Gasteiger partial charge in [-0.3, -0.25) is 4.79 Å². The zero-order valence-corrected chi connectivity index (χ0v) is 10.7. The number of hydrogen-bond acceptors (Lipinski definition) is 4. The molecule has 1 aliphatic rings. The van der Waals surface area contributed by atoms with Crippen molar-refractivity contribution in [3.63, 3.8) is 0 Å². The summed E-state index contributed by atoms with van der Waals surface area (Å²) in [6.07, 6.45) is 0.649. The topological polar surface area (TPSA) is 67.8 Å². The maximum atomic E-state index is 10.5. The van der Waals surface area contributed by atoms with Crippen LogP contribution in [0.2, 0.25) is 5.02 Å². The Morgan fingerprint density at radius 2 is 2.17 bits per heavy atom. The van der Waals surface area contributed by atoms with Gasteiger partial charge in [0.05, 0.1) is 10.7 Å². The molecule has 0 aliphatic carbocycles. The summed E-state index contributed by atoms with van der Waals surface area (Å²) in [5.74, 6) is 0.469. The quantitative estimate of drug-likeness (QED) is 0.862. The Bertz CT molecular complexity index is 464. The van der Waals surface area contributed by atoms with Crippen LogP contribution in [-0.2, 0) is 4.79 Å². The molecule has 1 aromatic rings. The summed E-state index contributed by atoms with van der Waals surface area (Å²) in [5, 5.41) is 12.3. The average Bonchev–Trinajstić information content (AvgIpc) is 2.74. The maximum absolute atomic E-state index is 10.5. The fourth-order valence-electron chi connectivity index (χ4n) is 1.71. The van der Waals surface area contributed by atoms with Gasteiger partial charge in [0.1, 0.15) is 0 Å². The number of carbonyl (C=O) groups is 1. The average molecular weight is 272 g/mol. The Balaban J connectivity index is 2.03. The molecular formula is C12H14ClNO4. The second-order valence-electron chi connectivity index (χ2n) is 4.16. The number of aliphatic carboxylic acids is 1. The van der Waals surface area contributed by atoms with Crippen molar-refractivity contribution in [2.45, 2.75) is 25.8 Å². The van der Waals surface area contributed by atoms with Crippen molar-refractivity contribution in [2.75, 3.05) is 12.1 Å². The Morgan fingerprint density at radius 1 is 1.50 bits per heavy atom. The lowest BCUT2D eigenvalue weighted by Crippen LogP contribution is -2.16. The first-order chi connectivity index (χ1) is 8.56. The third kappa shape index (κ3) is 2.98. The number of hydrogen-bond donors (Lipinski definition) is 2. The number of ether oxygens (including phenoxy) is 2. The van der Waals surface area contributed by atoms with Crippen molar-refractivity contribution in [3.8, 4) is 11.5 Å². The van der Waals surface area contributed by atoms with E-state index < -0.39 is 5.97 Å². The van der Waals surface area contributed by atoms with Crippen LogP contribution in [0.25, 0.3) is 0 Å². The molecule has 1 unspecified atom stereocenters. The van der Waals surface area contributed by atoms with Crippen LogP contribution in [0.15, 0.2) is 12.1 Å². The molecule has 0 bridgehead atoms. The second kappa shape index (κ2) is 5.35. The van der Waals surface area contributed by atoms with E-state index in [2.05, 4.69) is 5.32 Å². The van der Waals surface area contributed by atoms with E-state index in [1.807, 2.05) is 6.92 Å². The Morgan fingerprint density at radius 3 is 2.83 bits per heavy atom. The van der Waals surface area contributed by atoms with E-state index in [0.717, 1.165) is 5.69 Å². The molecule has 1 aromatic carbocycles. The second-order valence-corrected chi connectivity index (χ2v) is 4.57. The first-order valence-corrected chi connectivity index (χ1v) is 6.01. The fraction of sp³-hybridized carbons (Fsp3) is 0.417. The number of nitrogens with one attached hydrogen (secondary N) is 1. The van der Waals surface area contributed by atoms with Crippen LogP contribution in [0.5, 0.6) is 11.5 Å². The van der Waals surface area contributed by atoms with E-state index >= 15 is 0 Å². The highest BCUT2D eigenvalue weighted by Gasteiger charge is 2.17.